The third-order valence-electron chi connectivity index (χ3n) is 3.31. The van der Waals surface area contributed by atoms with E-state index in [0.29, 0.717) is 22.3 Å². The molecule has 1 N–H and O–H groups in total. The second kappa shape index (κ2) is 5.59. The molecule has 0 radical (unpaired) electrons. The fourth-order valence-corrected chi connectivity index (χ4v) is 2.23. The van der Waals surface area contributed by atoms with Crippen molar-refractivity contribution >= 4 is 11.6 Å². The maximum atomic E-state index is 12.5. The van der Waals surface area contributed by atoms with Gasteiger partial charge in [-0.2, -0.15) is 0 Å². The Bertz CT molecular complexity index is 707. The number of carbonyl (C=O) groups is 2. The normalized spacial score (nSPS) is 10.3. The second-order valence-corrected chi connectivity index (χ2v) is 4.67. The van der Waals surface area contributed by atoms with Gasteiger partial charge in [0.15, 0.2) is 11.6 Å². The molecule has 3 nitrogen and oxygen atoms in total. The van der Waals surface area contributed by atoms with Crippen LogP contribution in [0.4, 0.5) is 0 Å². The number of hydrogen-bond donors (Lipinski definition) is 1. The van der Waals surface area contributed by atoms with E-state index in [0.717, 1.165) is 0 Å². The molecule has 1 aromatic heterocycles. The first kappa shape index (κ1) is 13.1. The standard InChI is InChI=1S/C18H13NO2/c20-17(13-7-3-1-4-8-13)15-11-19-12-16(15)18(21)14-9-5-2-6-10-14/h1-12,19H. The smallest absolute Gasteiger partial charge is 0.195 e. The van der Waals surface area contributed by atoms with Crippen LogP contribution in [-0.4, -0.2) is 16.6 Å². The van der Waals surface area contributed by atoms with Crippen LogP contribution in [0.15, 0.2) is 73.1 Å². The fourth-order valence-electron chi connectivity index (χ4n) is 2.23. The first-order chi connectivity index (χ1) is 10.3. The van der Waals surface area contributed by atoms with E-state index >= 15 is 0 Å². The van der Waals surface area contributed by atoms with Gasteiger partial charge in [-0.25, -0.2) is 0 Å². The Morgan fingerprint density at radius 3 is 1.38 bits per heavy atom. The number of rotatable bonds is 4. The quantitative estimate of drug-likeness (QED) is 0.741. The summed E-state index contributed by atoms with van der Waals surface area (Å²) in [5, 5.41) is 0. The van der Waals surface area contributed by atoms with E-state index in [2.05, 4.69) is 4.98 Å². The minimum atomic E-state index is -0.156. The largest absolute Gasteiger partial charge is 0.366 e. The molecular formula is C18H13NO2. The molecular weight excluding hydrogens is 262 g/mol. The van der Waals surface area contributed by atoms with Gasteiger partial charge in [0.05, 0.1) is 11.1 Å². The number of ketones is 2. The van der Waals surface area contributed by atoms with Gasteiger partial charge in [0, 0.05) is 23.5 Å². The van der Waals surface area contributed by atoms with E-state index in [4.69, 9.17) is 0 Å². The Morgan fingerprint density at radius 1 is 0.619 bits per heavy atom. The van der Waals surface area contributed by atoms with E-state index in [-0.39, 0.29) is 11.6 Å². The molecule has 0 saturated heterocycles. The molecule has 3 heteroatoms. The number of benzene rings is 2. The van der Waals surface area contributed by atoms with Gasteiger partial charge >= 0.3 is 0 Å². The lowest BCUT2D eigenvalue weighted by molar-refractivity contribution is 0.100. The lowest BCUT2D eigenvalue weighted by Crippen LogP contribution is -2.08. The summed E-state index contributed by atoms with van der Waals surface area (Å²) in [6, 6.07) is 17.9. The number of aromatic nitrogens is 1. The molecule has 0 bridgehead atoms. The molecule has 0 aliphatic rings. The molecule has 0 aliphatic carbocycles. The molecule has 1 heterocycles. The molecule has 3 aromatic rings. The summed E-state index contributed by atoms with van der Waals surface area (Å²) in [6.45, 7) is 0. The summed E-state index contributed by atoms with van der Waals surface area (Å²) >= 11 is 0. The van der Waals surface area contributed by atoms with Crippen LogP contribution in [0.3, 0.4) is 0 Å². The van der Waals surface area contributed by atoms with Crippen molar-refractivity contribution in [2.75, 3.05) is 0 Å². The highest BCUT2D eigenvalue weighted by Gasteiger charge is 2.20. The maximum absolute atomic E-state index is 12.5. The lowest BCUT2D eigenvalue weighted by Gasteiger charge is -2.03. The summed E-state index contributed by atoms with van der Waals surface area (Å²) in [4.78, 5) is 27.8. The molecule has 3 rings (SSSR count). The Labute approximate surface area is 122 Å². The number of carbonyl (C=O) groups excluding carboxylic acids is 2. The van der Waals surface area contributed by atoms with Gasteiger partial charge in [0.25, 0.3) is 0 Å². The van der Waals surface area contributed by atoms with Crippen molar-refractivity contribution in [2.24, 2.45) is 0 Å². The average Bonchev–Trinajstić information content (AvgIpc) is 3.04. The number of hydrogen-bond acceptors (Lipinski definition) is 2. The maximum Gasteiger partial charge on any atom is 0.195 e. The van der Waals surface area contributed by atoms with Crippen LogP contribution in [0.1, 0.15) is 31.8 Å². The highest BCUT2D eigenvalue weighted by molar-refractivity contribution is 6.19. The topological polar surface area (TPSA) is 49.9 Å². The van der Waals surface area contributed by atoms with Crippen LogP contribution in [-0.2, 0) is 0 Å². The molecule has 21 heavy (non-hydrogen) atoms. The third kappa shape index (κ3) is 2.54. The van der Waals surface area contributed by atoms with E-state index in [9.17, 15) is 9.59 Å². The van der Waals surface area contributed by atoms with E-state index in [1.165, 1.54) is 0 Å². The Hall–Kier alpha value is -2.94. The number of H-pyrrole nitrogens is 1. The zero-order valence-electron chi connectivity index (χ0n) is 11.2. The predicted octanol–water partition coefficient (Wildman–Crippen LogP) is 3.48. The highest BCUT2D eigenvalue weighted by atomic mass is 16.1. The summed E-state index contributed by atoms with van der Waals surface area (Å²) < 4.78 is 0. The first-order valence-corrected chi connectivity index (χ1v) is 6.63. The minimum absolute atomic E-state index is 0.156. The van der Waals surface area contributed by atoms with Crippen molar-refractivity contribution in [3.63, 3.8) is 0 Å². The average molecular weight is 275 g/mol. The molecule has 0 atom stereocenters. The molecule has 0 fully saturated rings. The van der Waals surface area contributed by atoms with E-state index in [1.54, 1.807) is 60.9 Å². The zero-order chi connectivity index (χ0) is 14.7. The van der Waals surface area contributed by atoms with Crippen LogP contribution < -0.4 is 0 Å². The van der Waals surface area contributed by atoms with Gasteiger partial charge in [-0.05, 0) is 0 Å². The van der Waals surface area contributed by atoms with Crippen LogP contribution in [0, 0.1) is 0 Å². The van der Waals surface area contributed by atoms with Crippen molar-refractivity contribution in [2.45, 2.75) is 0 Å². The SMILES string of the molecule is O=C(c1ccccc1)c1c[nH]cc1C(=O)c1ccccc1. The highest BCUT2D eigenvalue weighted by Crippen LogP contribution is 2.18. The third-order valence-corrected chi connectivity index (χ3v) is 3.31. The summed E-state index contributed by atoms with van der Waals surface area (Å²) in [7, 11) is 0. The van der Waals surface area contributed by atoms with Gasteiger partial charge in [-0.1, -0.05) is 60.7 Å². The minimum Gasteiger partial charge on any atom is -0.366 e. The number of nitrogens with one attached hydrogen (secondary N) is 1. The Kier molecular flexibility index (Phi) is 3.48. The van der Waals surface area contributed by atoms with Crippen molar-refractivity contribution in [1.82, 2.24) is 4.98 Å². The van der Waals surface area contributed by atoms with Crippen molar-refractivity contribution in [1.29, 1.82) is 0 Å². The summed E-state index contributed by atoms with van der Waals surface area (Å²) in [5.74, 6) is -0.313. The zero-order valence-corrected chi connectivity index (χ0v) is 11.2. The second-order valence-electron chi connectivity index (χ2n) is 4.67. The monoisotopic (exact) mass is 275 g/mol. The van der Waals surface area contributed by atoms with Gasteiger partial charge in [-0.15, -0.1) is 0 Å². The van der Waals surface area contributed by atoms with Gasteiger partial charge in [0.1, 0.15) is 0 Å². The van der Waals surface area contributed by atoms with Crippen molar-refractivity contribution < 1.29 is 9.59 Å². The molecule has 2 aromatic carbocycles. The Balaban J connectivity index is 1.99. The summed E-state index contributed by atoms with van der Waals surface area (Å²) in [5.41, 5.74) is 1.93. The van der Waals surface area contributed by atoms with E-state index in [1.807, 2.05) is 12.1 Å². The molecule has 0 amide bonds. The first-order valence-electron chi connectivity index (χ1n) is 6.63. The van der Waals surface area contributed by atoms with Gasteiger partial charge in [0.2, 0.25) is 0 Å². The molecule has 0 unspecified atom stereocenters. The van der Waals surface area contributed by atoms with Crippen molar-refractivity contribution in [3.8, 4) is 0 Å². The molecule has 0 saturated carbocycles. The number of aromatic amines is 1. The van der Waals surface area contributed by atoms with Gasteiger partial charge < -0.3 is 4.98 Å². The van der Waals surface area contributed by atoms with Crippen LogP contribution in [0.2, 0.25) is 0 Å². The fraction of sp³-hybridized carbons (Fsp3) is 0. The predicted molar refractivity (Wildman–Crippen MR) is 80.5 cm³/mol. The van der Waals surface area contributed by atoms with Crippen molar-refractivity contribution in [3.05, 3.63) is 95.3 Å². The molecule has 0 aliphatic heterocycles. The lowest BCUT2D eigenvalue weighted by atomic mass is 9.97. The Morgan fingerprint density at radius 2 is 1.00 bits per heavy atom. The van der Waals surface area contributed by atoms with Crippen LogP contribution in [0.25, 0.3) is 0 Å². The van der Waals surface area contributed by atoms with Crippen LogP contribution >= 0.6 is 0 Å². The van der Waals surface area contributed by atoms with E-state index < -0.39 is 0 Å². The van der Waals surface area contributed by atoms with Crippen LogP contribution in [0.5, 0.6) is 0 Å². The summed E-state index contributed by atoms with van der Waals surface area (Å²) in [6.07, 6.45) is 3.15. The molecule has 0 spiro atoms. The molecule has 102 valence electrons. The van der Waals surface area contributed by atoms with Gasteiger partial charge in [-0.3, -0.25) is 9.59 Å².